The quantitative estimate of drug-likeness (QED) is 0.504. The molecule has 0 heterocycles. The third-order valence-corrected chi connectivity index (χ3v) is 2.21. The first-order valence-electron chi connectivity index (χ1n) is 4.72. The molecule has 0 spiro atoms. The highest BCUT2D eigenvalue weighted by Crippen LogP contribution is 2.35. The van der Waals surface area contributed by atoms with Gasteiger partial charge in [-0.15, -0.1) is 6.58 Å². The maximum atomic E-state index is 5.58. The predicted molar refractivity (Wildman–Crippen MR) is 68.6 cm³/mol. The SMILES string of the molecule is C=CC(C)(CCC=C(C)C)OC(Cl)(Cl)Cl. The molecule has 0 bridgehead atoms. The molecule has 88 valence electrons. The van der Waals surface area contributed by atoms with Gasteiger partial charge in [0.05, 0.1) is 5.60 Å². The van der Waals surface area contributed by atoms with Crippen molar-refractivity contribution in [3.8, 4) is 0 Å². The summed E-state index contributed by atoms with van der Waals surface area (Å²) >= 11 is 16.7. The Morgan fingerprint density at radius 2 is 1.87 bits per heavy atom. The number of hydrogen-bond acceptors (Lipinski definition) is 1. The Morgan fingerprint density at radius 3 is 2.20 bits per heavy atom. The second kappa shape index (κ2) is 6.15. The summed E-state index contributed by atoms with van der Waals surface area (Å²) in [6.07, 6.45) is 5.37. The Labute approximate surface area is 107 Å². The van der Waals surface area contributed by atoms with Gasteiger partial charge in [0.25, 0.3) is 3.98 Å². The molecule has 0 radical (unpaired) electrons. The second-order valence-electron chi connectivity index (χ2n) is 3.88. The lowest BCUT2D eigenvalue weighted by molar-refractivity contribution is -0.00542. The van der Waals surface area contributed by atoms with Crippen molar-refractivity contribution < 1.29 is 4.74 Å². The molecule has 0 aliphatic carbocycles. The van der Waals surface area contributed by atoms with Crippen LogP contribution in [0.4, 0.5) is 0 Å². The largest absolute Gasteiger partial charge is 0.324 e. The molecule has 15 heavy (non-hydrogen) atoms. The third-order valence-electron chi connectivity index (χ3n) is 1.97. The van der Waals surface area contributed by atoms with Crippen LogP contribution < -0.4 is 0 Å². The molecule has 0 aromatic carbocycles. The molecule has 0 N–H and O–H groups in total. The van der Waals surface area contributed by atoms with Gasteiger partial charge < -0.3 is 4.74 Å². The van der Waals surface area contributed by atoms with Gasteiger partial charge in [-0.2, -0.15) is 0 Å². The zero-order chi connectivity index (χ0) is 12.1. The van der Waals surface area contributed by atoms with Crippen LogP contribution in [-0.2, 0) is 4.74 Å². The minimum atomic E-state index is -1.70. The van der Waals surface area contributed by atoms with E-state index in [1.807, 2.05) is 20.8 Å². The van der Waals surface area contributed by atoms with E-state index in [1.165, 1.54) is 5.57 Å². The fourth-order valence-electron chi connectivity index (χ4n) is 1.11. The zero-order valence-electron chi connectivity index (χ0n) is 9.32. The summed E-state index contributed by atoms with van der Waals surface area (Å²) < 4.78 is 3.60. The summed E-state index contributed by atoms with van der Waals surface area (Å²) in [5.74, 6) is 0. The van der Waals surface area contributed by atoms with Crippen LogP contribution in [0.2, 0.25) is 0 Å². The van der Waals surface area contributed by atoms with Gasteiger partial charge in [0.2, 0.25) is 0 Å². The van der Waals surface area contributed by atoms with Crippen molar-refractivity contribution in [3.05, 3.63) is 24.3 Å². The summed E-state index contributed by atoms with van der Waals surface area (Å²) in [7, 11) is 0. The highest BCUT2D eigenvalue weighted by atomic mass is 35.6. The van der Waals surface area contributed by atoms with Crippen molar-refractivity contribution in [3.63, 3.8) is 0 Å². The molecular formula is C11H17Cl3O. The van der Waals surface area contributed by atoms with Gasteiger partial charge in [-0.25, -0.2) is 0 Å². The van der Waals surface area contributed by atoms with E-state index in [4.69, 9.17) is 39.5 Å². The van der Waals surface area contributed by atoms with Crippen LogP contribution in [-0.4, -0.2) is 9.58 Å². The average molecular weight is 272 g/mol. The number of ether oxygens (including phenoxy) is 1. The Balaban J connectivity index is 4.32. The van der Waals surface area contributed by atoms with Crippen molar-refractivity contribution >= 4 is 34.8 Å². The fourth-order valence-corrected chi connectivity index (χ4v) is 1.64. The summed E-state index contributed by atoms with van der Waals surface area (Å²) in [5, 5.41) is 0. The fraction of sp³-hybridized carbons (Fsp3) is 0.636. The van der Waals surface area contributed by atoms with Crippen LogP contribution in [0, 0.1) is 0 Å². The van der Waals surface area contributed by atoms with Crippen molar-refractivity contribution in [1.29, 1.82) is 0 Å². The highest BCUT2D eigenvalue weighted by molar-refractivity contribution is 6.66. The van der Waals surface area contributed by atoms with E-state index in [-0.39, 0.29) is 0 Å². The van der Waals surface area contributed by atoms with E-state index in [0.717, 1.165) is 12.8 Å². The summed E-state index contributed by atoms with van der Waals surface area (Å²) in [6.45, 7) is 9.63. The van der Waals surface area contributed by atoms with Crippen molar-refractivity contribution in [1.82, 2.24) is 0 Å². The van der Waals surface area contributed by atoms with Crippen LogP contribution in [0.15, 0.2) is 24.3 Å². The van der Waals surface area contributed by atoms with Gasteiger partial charge in [0.15, 0.2) is 0 Å². The third kappa shape index (κ3) is 8.15. The molecule has 0 saturated carbocycles. The number of halogens is 3. The Hall–Kier alpha value is 0.310. The molecule has 0 aromatic rings. The Morgan fingerprint density at radius 1 is 1.33 bits per heavy atom. The molecule has 1 nitrogen and oxygen atoms in total. The lowest BCUT2D eigenvalue weighted by Gasteiger charge is -2.29. The van der Waals surface area contributed by atoms with Gasteiger partial charge >= 0.3 is 0 Å². The van der Waals surface area contributed by atoms with Gasteiger partial charge in [0, 0.05) is 0 Å². The van der Waals surface area contributed by atoms with Crippen molar-refractivity contribution in [2.24, 2.45) is 0 Å². The number of alkyl halides is 3. The number of rotatable bonds is 5. The molecule has 0 fully saturated rings. The first-order chi connectivity index (χ1) is 6.68. The summed E-state index contributed by atoms with van der Waals surface area (Å²) in [6, 6.07) is 0. The van der Waals surface area contributed by atoms with E-state index in [2.05, 4.69) is 12.7 Å². The molecular weight excluding hydrogens is 254 g/mol. The molecule has 0 aromatic heterocycles. The van der Waals surface area contributed by atoms with Crippen LogP contribution in [0.25, 0.3) is 0 Å². The van der Waals surface area contributed by atoms with Crippen molar-refractivity contribution in [2.75, 3.05) is 0 Å². The normalized spacial score (nSPS) is 15.6. The highest BCUT2D eigenvalue weighted by Gasteiger charge is 2.32. The maximum Gasteiger partial charge on any atom is 0.298 e. The molecule has 0 aliphatic heterocycles. The average Bonchev–Trinajstić information content (AvgIpc) is 2.00. The van der Waals surface area contributed by atoms with Crippen LogP contribution in [0.3, 0.4) is 0 Å². The lowest BCUT2D eigenvalue weighted by atomic mass is 9.99. The summed E-state index contributed by atoms with van der Waals surface area (Å²) in [4.78, 5) is 0. The van der Waals surface area contributed by atoms with Gasteiger partial charge in [-0.1, -0.05) is 52.5 Å². The zero-order valence-corrected chi connectivity index (χ0v) is 11.6. The monoisotopic (exact) mass is 270 g/mol. The van der Waals surface area contributed by atoms with Gasteiger partial charge in [-0.05, 0) is 33.6 Å². The maximum absolute atomic E-state index is 5.58. The van der Waals surface area contributed by atoms with E-state index in [9.17, 15) is 0 Å². The molecule has 0 aliphatic rings. The Bertz CT molecular complexity index is 239. The molecule has 1 unspecified atom stereocenters. The first kappa shape index (κ1) is 15.3. The Kier molecular flexibility index (Phi) is 6.27. The predicted octanol–water partition coefficient (Wildman–Crippen LogP) is 5.02. The van der Waals surface area contributed by atoms with E-state index in [0.29, 0.717) is 0 Å². The molecule has 4 heteroatoms. The van der Waals surface area contributed by atoms with Crippen LogP contribution in [0.5, 0.6) is 0 Å². The standard InChI is InChI=1S/C11H17Cl3O/c1-5-10(4,15-11(12,13)14)8-6-7-9(2)3/h5,7H,1,6,8H2,2-4H3. The van der Waals surface area contributed by atoms with Crippen LogP contribution >= 0.6 is 34.8 Å². The summed E-state index contributed by atoms with van der Waals surface area (Å²) in [5.41, 5.74) is 0.646. The molecule has 0 saturated heterocycles. The second-order valence-corrected chi connectivity index (χ2v) is 6.06. The topological polar surface area (TPSA) is 9.23 Å². The van der Waals surface area contributed by atoms with Gasteiger partial charge in [-0.3, -0.25) is 0 Å². The van der Waals surface area contributed by atoms with Crippen molar-refractivity contribution in [2.45, 2.75) is 43.2 Å². The smallest absolute Gasteiger partial charge is 0.298 e. The minimum Gasteiger partial charge on any atom is -0.324 e. The number of allylic oxidation sites excluding steroid dienone is 2. The lowest BCUT2D eigenvalue weighted by Crippen LogP contribution is -2.31. The van der Waals surface area contributed by atoms with Crippen LogP contribution in [0.1, 0.15) is 33.6 Å². The number of hydrogen-bond donors (Lipinski definition) is 0. The van der Waals surface area contributed by atoms with E-state index >= 15 is 0 Å². The first-order valence-corrected chi connectivity index (χ1v) is 5.86. The minimum absolute atomic E-state index is 0.614. The van der Waals surface area contributed by atoms with E-state index in [1.54, 1.807) is 6.08 Å². The molecule has 1 atom stereocenters. The molecule has 0 amide bonds. The molecule has 0 rings (SSSR count). The van der Waals surface area contributed by atoms with Gasteiger partial charge in [0.1, 0.15) is 0 Å². The van der Waals surface area contributed by atoms with E-state index < -0.39 is 9.58 Å².